The highest BCUT2D eigenvalue weighted by atomic mass is 32.2. The summed E-state index contributed by atoms with van der Waals surface area (Å²) in [5, 5.41) is 25.5. The van der Waals surface area contributed by atoms with Gasteiger partial charge in [-0.1, -0.05) is 64.1 Å². The summed E-state index contributed by atoms with van der Waals surface area (Å²) in [4.78, 5) is 88.6. The number of aromatic amines is 2. The van der Waals surface area contributed by atoms with Crippen LogP contribution >= 0.6 is 23.5 Å². The first-order chi connectivity index (χ1) is 29.1. The van der Waals surface area contributed by atoms with Gasteiger partial charge in [-0.15, -0.1) is 0 Å². The number of nitrogens with two attached hydrogens (primary N) is 1. The molecule has 0 saturated heterocycles. The number of carboxylic acids is 1. The molecule has 0 saturated carbocycles. The summed E-state index contributed by atoms with van der Waals surface area (Å²) in [6, 6.07) is 8.51. The van der Waals surface area contributed by atoms with E-state index in [1.54, 1.807) is 12.4 Å². The minimum atomic E-state index is -1.24. The van der Waals surface area contributed by atoms with Crippen LogP contribution in [0.25, 0.3) is 21.8 Å². The van der Waals surface area contributed by atoms with Gasteiger partial charge < -0.3 is 47.4 Å². The van der Waals surface area contributed by atoms with Gasteiger partial charge in [0, 0.05) is 47.0 Å². The third-order valence-corrected chi connectivity index (χ3v) is 11.6. The maximum Gasteiger partial charge on any atom is 0.326 e. The van der Waals surface area contributed by atoms with Gasteiger partial charge in [-0.2, -0.15) is 23.5 Å². The normalized spacial score (nSPS) is 14.5. The standard InChI is InChI=1S/C44H62N8O7S2/c1-25(2)19-31(45)39(53)48-34(15-17-60-5)40(54)50-37(22-28-24-47-33-14-10-8-12-30(28)33)43(57)51-36(21-27-23-46-32-13-9-7-11-29(27)32)42(56)49-35(16-18-61-6)41(55)52-38(44(58)59)20-26(3)4/h7-14,23-26,31,34-38,46-47H,15-22,45H2,1-6H3,(H,48,53)(H,49,56)(H,50,54)(H,51,57)(H,52,55)(H,58,59)/t31-,34-,35-,36-,37-,38-/m0/s1. The van der Waals surface area contributed by atoms with E-state index in [2.05, 4.69) is 36.6 Å². The number of benzene rings is 2. The molecular weight excluding hydrogens is 817 g/mol. The lowest BCUT2D eigenvalue weighted by Crippen LogP contribution is -2.60. The second-order valence-electron chi connectivity index (χ2n) is 16.2. The van der Waals surface area contributed by atoms with E-state index in [9.17, 15) is 33.9 Å². The average Bonchev–Trinajstić information content (AvgIpc) is 3.83. The van der Waals surface area contributed by atoms with Crippen LogP contribution in [0.15, 0.2) is 60.9 Å². The molecule has 5 amide bonds. The van der Waals surface area contributed by atoms with E-state index in [4.69, 9.17) is 5.73 Å². The van der Waals surface area contributed by atoms with Crippen LogP contribution in [0.3, 0.4) is 0 Å². The molecule has 332 valence electrons. The number of aliphatic carboxylic acids is 1. The highest BCUT2D eigenvalue weighted by Gasteiger charge is 2.34. The average molecular weight is 879 g/mol. The Morgan fingerprint density at radius 2 is 0.951 bits per heavy atom. The van der Waals surface area contributed by atoms with Crippen molar-refractivity contribution in [3.05, 3.63) is 72.1 Å². The van der Waals surface area contributed by atoms with Gasteiger partial charge in [0.15, 0.2) is 0 Å². The Morgan fingerprint density at radius 1 is 0.574 bits per heavy atom. The van der Waals surface area contributed by atoms with Crippen molar-refractivity contribution in [3.63, 3.8) is 0 Å². The summed E-state index contributed by atoms with van der Waals surface area (Å²) in [6.07, 6.45) is 8.40. The number of para-hydroxylation sites is 2. The topological polar surface area (TPSA) is 240 Å². The highest BCUT2D eigenvalue weighted by Crippen LogP contribution is 2.22. The number of carbonyl (C=O) groups excluding carboxylic acids is 5. The van der Waals surface area contributed by atoms with Crippen LogP contribution in [0.4, 0.5) is 0 Å². The molecule has 2 aromatic heterocycles. The number of aromatic nitrogens is 2. The molecule has 0 aliphatic carbocycles. The van der Waals surface area contributed by atoms with Crippen LogP contribution in [0.1, 0.15) is 64.5 Å². The number of thioether (sulfide) groups is 2. The Morgan fingerprint density at radius 3 is 1.36 bits per heavy atom. The van der Waals surface area contributed by atoms with Crippen molar-refractivity contribution in [1.29, 1.82) is 0 Å². The predicted octanol–water partition coefficient (Wildman–Crippen LogP) is 3.87. The number of carboxylic acid groups (broad SMARTS) is 1. The van der Waals surface area contributed by atoms with Crippen LogP contribution in [0, 0.1) is 11.8 Å². The van der Waals surface area contributed by atoms with E-state index >= 15 is 0 Å². The molecule has 0 radical (unpaired) electrons. The quantitative estimate of drug-likeness (QED) is 0.0466. The van der Waals surface area contributed by atoms with Crippen molar-refractivity contribution in [1.82, 2.24) is 36.6 Å². The first kappa shape index (κ1) is 48.7. The number of hydrogen-bond donors (Lipinski definition) is 9. The molecule has 6 atom stereocenters. The molecule has 0 bridgehead atoms. The minimum Gasteiger partial charge on any atom is -0.480 e. The van der Waals surface area contributed by atoms with Crippen molar-refractivity contribution >= 4 is 80.8 Å². The summed E-state index contributed by atoms with van der Waals surface area (Å²) in [5.74, 6) is -3.07. The largest absolute Gasteiger partial charge is 0.480 e. The molecular formula is C44H62N8O7S2. The lowest BCUT2D eigenvalue weighted by molar-refractivity contribution is -0.142. The van der Waals surface area contributed by atoms with Crippen molar-refractivity contribution < 1.29 is 33.9 Å². The number of amides is 5. The lowest BCUT2D eigenvalue weighted by atomic mass is 10.0. The number of H-pyrrole nitrogens is 2. The highest BCUT2D eigenvalue weighted by molar-refractivity contribution is 7.98. The molecule has 0 fully saturated rings. The Kier molecular flexibility index (Phi) is 19.0. The molecule has 0 aliphatic heterocycles. The molecule has 10 N–H and O–H groups in total. The van der Waals surface area contributed by atoms with Crippen LogP contribution in [0.5, 0.6) is 0 Å². The molecule has 61 heavy (non-hydrogen) atoms. The van der Waals surface area contributed by atoms with Gasteiger partial charge in [-0.3, -0.25) is 24.0 Å². The van der Waals surface area contributed by atoms with E-state index in [1.165, 1.54) is 23.5 Å². The van der Waals surface area contributed by atoms with Crippen LogP contribution < -0.4 is 32.3 Å². The van der Waals surface area contributed by atoms with Gasteiger partial charge in [0.2, 0.25) is 29.5 Å². The fourth-order valence-electron chi connectivity index (χ4n) is 7.14. The lowest BCUT2D eigenvalue weighted by Gasteiger charge is -2.27. The van der Waals surface area contributed by atoms with Gasteiger partial charge in [0.25, 0.3) is 0 Å². The van der Waals surface area contributed by atoms with Gasteiger partial charge in [0.05, 0.1) is 6.04 Å². The van der Waals surface area contributed by atoms with E-state index < -0.39 is 71.8 Å². The van der Waals surface area contributed by atoms with Gasteiger partial charge in [-0.05, 0) is 84.8 Å². The molecule has 4 rings (SSSR count). The maximum atomic E-state index is 14.7. The molecule has 2 heterocycles. The third kappa shape index (κ3) is 14.6. The maximum absolute atomic E-state index is 14.7. The van der Waals surface area contributed by atoms with Crippen molar-refractivity contribution in [3.8, 4) is 0 Å². The molecule has 2 aromatic carbocycles. The second kappa shape index (κ2) is 23.9. The summed E-state index contributed by atoms with van der Waals surface area (Å²) < 4.78 is 0. The number of nitrogens with one attached hydrogen (secondary N) is 7. The molecule has 0 spiro atoms. The first-order valence-electron chi connectivity index (χ1n) is 20.7. The van der Waals surface area contributed by atoms with Gasteiger partial charge in [-0.25, -0.2) is 4.79 Å². The summed E-state index contributed by atoms with van der Waals surface area (Å²) in [5.41, 5.74) is 9.30. The number of fused-ring (bicyclic) bond motifs is 2. The zero-order chi connectivity index (χ0) is 44.6. The molecule has 15 nitrogen and oxygen atoms in total. The smallest absolute Gasteiger partial charge is 0.326 e. The Balaban J connectivity index is 1.69. The third-order valence-electron chi connectivity index (χ3n) is 10.3. The zero-order valence-electron chi connectivity index (χ0n) is 35.8. The summed E-state index contributed by atoms with van der Waals surface area (Å²) in [7, 11) is 0. The van der Waals surface area contributed by atoms with Gasteiger partial charge >= 0.3 is 5.97 Å². The fourth-order valence-corrected chi connectivity index (χ4v) is 8.09. The SMILES string of the molecule is CSCC[C@H](NC(=O)[C@H](Cc1c[nH]c2ccccc12)NC(=O)[C@H](Cc1c[nH]c2ccccc12)NC(=O)[C@H](CCSC)NC(=O)[C@@H](N)CC(C)C)C(=O)N[C@@H](CC(C)C)C(=O)O. The Bertz CT molecular complexity index is 2100. The summed E-state index contributed by atoms with van der Waals surface area (Å²) in [6.45, 7) is 7.61. The number of hydrogen-bond acceptors (Lipinski definition) is 9. The predicted molar refractivity (Wildman–Crippen MR) is 244 cm³/mol. The summed E-state index contributed by atoms with van der Waals surface area (Å²) >= 11 is 2.97. The molecule has 0 aliphatic rings. The van der Waals surface area contributed by atoms with Crippen LogP contribution in [-0.4, -0.2) is 111 Å². The molecule has 17 heteroatoms. The number of rotatable bonds is 25. The molecule has 0 unspecified atom stereocenters. The van der Waals surface area contributed by atoms with Crippen molar-refractivity contribution in [2.75, 3.05) is 24.0 Å². The van der Waals surface area contributed by atoms with Crippen molar-refractivity contribution in [2.45, 2.75) is 102 Å². The Hall–Kier alpha value is -5.00. The van der Waals surface area contributed by atoms with E-state index in [-0.39, 0.29) is 43.9 Å². The van der Waals surface area contributed by atoms with E-state index in [0.29, 0.717) is 17.9 Å². The fraction of sp³-hybridized carbons (Fsp3) is 0.500. The Labute approximate surface area is 366 Å². The van der Waals surface area contributed by atoms with Crippen LogP contribution in [0.2, 0.25) is 0 Å². The molecule has 4 aromatic rings. The second-order valence-corrected chi connectivity index (χ2v) is 18.2. The minimum absolute atomic E-state index is 0.0114. The zero-order valence-corrected chi connectivity index (χ0v) is 37.5. The monoisotopic (exact) mass is 878 g/mol. The van der Waals surface area contributed by atoms with E-state index in [1.807, 2.05) is 88.7 Å². The van der Waals surface area contributed by atoms with Crippen molar-refractivity contribution in [2.24, 2.45) is 17.6 Å². The van der Waals surface area contributed by atoms with E-state index in [0.717, 1.165) is 32.9 Å². The van der Waals surface area contributed by atoms with Crippen LogP contribution in [-0.2, 0) is 41.6 Å². The van der Waals surface area contributed by atoms with Gasteiger partial charge in [0.1, 0.15) is 30.2 Å². The number of carbonyl (C=O) groups is 6. The first-order valence-corrected chi connectivity index (χ1v) is 23.5.